The molecule has 1 heterocycles. The molecule has 0 aliphatic carbocycles. The van der Waals surface area contributed by atoms with Gasteiger partial charge in [0.05, 0.1) is 26.7 Å². The van der Waals surface area contributed by atoms with Crippen LogP contribution in [0.15, 0.2) is 23.1 Å². The Bertz CT molecular complexity index is 710. The summed E-state index contributed by atoms with van der Waals surface area (Å²) in [6, 6.07) is 5.00. The van der Waals surface area contributed by atoms with Crippen molar-refractivity contribution in [2.24, 2.45) is 0 Å². The smallest absolute Gasteiger partial charge is 0.246 e. The Morgan fingerprint density at radius 1 is 1.27 bits per heavy atom. The Kier molecular flexibility index (Phi) is 7.43. The van der Waals surface area contributed by atoms with Gasteiger partial charge in [0.15, 0.2) is 0 Å². The van der Waals surface area contributed by atoms with Crippen molar-refractivity contribution in [3.8, 4) is 5.75 Å². The van der Waals surface area contributed by atoms with E-state index in [2.05, 4.69) is 5.32 Å². The second-order valence-electron chi connectivity index (χ2n) is 6.26. The summed E-state index contributed by atoms with van der Waals surface area (Å²) < 4.78 is 37.8. The lowest BCUT2D eigenvalue weighted by Crippen LogP contribution is -2.40. The van der Waals surface area contributed by atoms with Gasteiger partial charge in [-0.05, 0) is 30.5 Å². The molecule has 1 saturated heterocycles. The lowest BCUT2D eigenvalue weighted by Gasteiger charge is -2.26. The van der Waals surface area contributed by atoms with E-state index in [1.165, 1.54) is 17.5 Å². The molecule has 1 aliphatic heterocycles. The third-order valence-electron chi connectivity index (χ3n) is 4.53. The van der Waals surface area contributed by atoms with Crippen LogP contribution >= 0.6 is 0 Å². The van der Waals surface area contributed by atoms with Crippen molar-refractivity contribution in [3.05, 3.63) is 23.8 Å². The van der Waals surface area contributed by atoms with Gasteiger partial charge in [-0.15, -0.1) is 0 Å². The number of carbonyl (C=O) groups is 1. The molecule has 0 bridgehead atoms. The van der Waals surface area contributed by atoms with Gasteiger partial charge in [0, 0.05) is 19.1 Å². The van der Waals surface area contributed by atoms with Gasteiger partial charge in [0.2, 0.25) is 15.9 Å². The molecule has 0 unspecified atom stereocenters. The van der Waals surface area contributed by atoms with E-state index in [1.54, 1.807) is 12.1 Å². The average Bonchev–Trinajstić information content (AvgIpc) is 2.66. The van der Waals surface area contributed by atoms with E-state index in [4.69, 9.17) is 9.47 Å². The van der Waals surface area contributed by atoms with Crippen LogP contribution in [0.5, 0.6) is 5.75 Å². The van der Waals surface area contributed by atoms with Crippen LogP contribution in [-0.2, 0) is 26.0 Å². The van der Waals surface area contributed by atoms with Crippen molar-refractivity contribution in [2.75, 3.05) is 33.4 Å². The standard InChI is InChI=1S/C18H28N2O5S/c1-4-15(5-2)19-18(21)13-14-6-7-16(24-3)17(12-14)26(22,23)20-8-10-25-11-9-20/h6-7,12,15H,4-5,8-11,13H2,1-3H3,(H,19,21). The first-order valence-corrected chi connectivity index (χ1v) is 10.4. The number of hydrogen-bond donors (Lipinski definition) is 1. The molecule has 0 aromatic heterocycles. The van der Waals surface area contributed by atoms with Gasteiger partial charge in [0.25, 0.3) is 0 Å². The minimum atomic E-state index is -3.70. The molecular formula is C18H28N2O5S. The van der Waals surface area contributed by atoms with Crippen LogP contribution < -0.4 is 10.1 Å². The lowest BCUT2D eigenvalue weighted by atomic mass is 10.1. The van der Waals surface area contributed by atoms with Crippen LogP contribution in [0.25, 0.3) is 0 Å². The molecule has 1 aromatic rings. The maximum atomic E-state index is 13.0. The van der Waals surface area contributed by atoms with E-state index in [1.807, 2.05) is 13.8 Å². The number of hydrogen-bond acceptors (Lipinski definition) is 5. The summed E-state index contributed by atoms with van der Waals surface area (Å²) in [5.41, 5.74) is 0.640. The van der Waals surface area contributed by atoms with Gasteiger partial charge in [-0.25, -0.2) is 8.42 Å². The summed E-state index contributed by atoms with van der Waals surface area (Å²) in [6.07, 6.45) is 1.86. The van der Waals surface area contributed by atoms with Crippen molar-refractivity contribution in [1.29, 1.82) is 0 Å². The number of nitrogens with zero attached hydrogens (tertiary/aromatic N) is 1. The first-order valence-electron chi connectivity index (χ1n) is 8.96. The van der Waals surface area contributed by atoms with E-state index in [9.17, 15) is 13.2 Å². The second-order valence-corrected chi connectivity index (χ2v) is 8.17. The number of amides is 1. The fourth-order valence-electron chi connectivity index (χ4n) is 2.92. The number of morpholine rings is 1. The zero-order chi connectivity index (χ0) is 19.2. The summed E-state index contributed by atoms with van der Waals surface area (Å²) >= 11 is 0. The Hall–Kier alpha value is -1.64. The SMILES string of the molecule is CCC(CC)NC(=O)Cc1ccc(OC)c(S(=O)(=O)N2CCOCC2)c1. The molecule has 0 spiro atoms. The van der Waals surface area contributed by atoms with Crippen molar-refractivity contribution in [1.82, 2.24) is 9.62 Å². The Morgan fingerprint density at radius 2 is 1.92 bits per heavy atom. The zero-order valence-corrected chi connectivity index (χ0v) is 16.5. The molecule has 7 nitrogen and oxygen atoms in total. The van der Waals surface area contributed by atoms with Crippen LogP contribution in [0.1, 0.15) is 32.3 Å². The zero-order valence-electron chi connectivity index (χ0n) is 15.7. The van der Waals surface area contributed by atoms with E-state index in [-0.39, 0.29) is 29.0 Å². The number of benzene rings is 1. The first kappa shape index (κ1) is 20.7. The lowest BCUT2D eigenvalue weighted by molar-refractivity contribution is -0.121. The minimum absolute atomic E-state index is 0.0923. The highest BCUT2D eigenvalue weighted by Crippen LogP contribution is 2.28. The molecule has 8 heteroatoms. The van der Waals surface area contributed by atoms with E-state index >= 15 is 0 Å². The monoisotopic (exact) mass is 384 g/mol. The van der Waals surface area contributed by atoms with Crippen LogP contribution in [-0.4, -0.2) is 58.1 Å². The van der Waals surface area contributed by atoms with Crippen LogP contribution in [0.2, 0.25) is 0 Å². The van der Waals surface area contributed by atoms with Crippen molar-refractivity contribution < 1.29 is 22.7 Å². The van der Waals surface area contributed by atoms with Gasteiger partial charge in [-0.3, -0.25) is 4.79 Å². The summed E-state index contributed by atoms with van der Waals surface area (Å²) in [4.78, 5) is 12.3. The highest BCUT2D eigenvalue weighted by atomic mass is 32.2. The molecule has 1 amide bonds. The minimum Gasteiger partial charge on any atom is -0.495 e. The summed E-state index contributed by atoms with van der Waals surface area (Å²) in [5, 5.41) is 2.97. The molecule has 146 valence electrons. The van der Waals surface area contributed by atoms with Crippen molar-refractivity contribution in [2.45, 2.75) is 44.0 Å². The third kappa shape index (κ3) is 4.96. The maximum Gasteiger partial charge on any atom is 0.246 e. The number of methoxy groups -OCH3 is 1. The molecule has 1 aliphatic rings. The Morgan fingerprint density at radius 3 is 2.50 bits per heavy atom. The summed E-state index contributed by atoms with van der Waals surface area (Å²) in [6.45, 7) is 5.41. The van der Waals surface area contributed by atoms with Crippen molar-refractivity contribution >= 4 is 15.9 Å². The Labute approximate surface area is 155 Å². The highest BCUT2D eigenvalue weighted by Gasteiger charge is 2.29. The van der Waals surface area contributed by atoms with E-state index in [0.29, 0.717) is 31.9 Å². The molecule has 26 heavy (non-hydrogen) atoms. The first-order chi connectivity index (χ1) is 12.4. The van der Waals surface area contributed by atoms with Crippen LogP contribution in [0.3, 0.4) is 0 Å². The van der Waals surface area contributed by atoms with Gasteiger partial charge < -0.3 is 14.8 Å². The number of rotatable bonds is 8. The van der Waals surface area contributed by atoms with Gasteiger partial charge >= 0.3 is 0 Å². The molecule has 2 rings (SSSR count). The third-order valence-corrected chi connectivity index (χ3v) is 6.45. The predicted octanol–water partition coefficient (Wildman–Crippen LogP) is 1.56. The fraction of sp³-hybridized carbons (Fsp3) is 0.611. The molecule has 1 aromatic carbocycles. The topological polar surface area (TPSA) is 84.9 Å². The number of ether oxygens (including phenoxy) is 2. The average molecular weight is 384 g/mol. The van der Waals surface area contributed by atoms with Gasteiger partial charge in [0.1, 0.15) is 10.6 Å². The number of carbonyl (C=O) groups excluding carboxylic acids is 1. The number of sulfonamides is 1. The summed E-state index contributed by atoms with van der Waals surface area (Å²) in [7, 11) is -2.26. The van der Waals surface area contributed by atoms with E-state index < -0.39 is 10.0 Å². The number of nitrogens with one attached hydrogen (secondary N) is 1. The molecule has 0 radical (unpaired) electrons. The van der Waals surface area contributed by atoms with E-state index in [0.717, 1.165) is 12.8 Å². The molecular weight excluding hydrogens is 356 g/mol. The molecule has 0 saturated carbocycles. The molecule has 1 fully saturated rings. The summed E-state index contributed by atoms with van der Waals surface area (Å²) in [5.74, 6) is 0.166. The quantitative estimate of drug-likeness (QED) is 0.735. The predicted molar refractivity (Wildman–Crippen MR) is 98.8 cm³/mol. The molecule has 1 N–H and O–H groups in total. The largest absolute Gasteiger partial charge is 0.495 e. The highest BCUT2D eigenvalue weighted by molar-refractivity contribution is 7.89. The van der Waals surface area contributed by atoms with Crippen molar-refractivity contribution in [3.63, 3.8) is 0 Å². The normalized spacial score (nSPS) is 15.8. The van der Waals surface area contributed by atoms with Crippen LogP contribution in [0, 0.1) is 0 Å². The fourth-order valence-corrected chi connectivity index (χ4v) is 4.53. The van der Waals surface area contributed by atoms with Gasteiger partial charge in [-0.2, -0.15) is 4.31 Å². The molecule has 0 atom stereocenters. The Balaban J connectivity index is 2.23. The van der Waals surface area contributed by atoms with Crippen LogP contribution in [0.4, 0.5) is 0 Å². The second kappa shape index (κ2) is 9.34. The van der Waals surface area contributed by atoms with Gasteiger partial charge in [-0.1, -0.05) is 19.9 Å². The maximum absolute atomic E-state index is 13.0.